The summed E-state index contributed by atoms with van der Waals surface area (Å²) < 4.78 is 31.9. The third-order valence-corrected chi connectivity index (χ3v) is 10.4. The molecule has 2 aromatic heterocycles. The Bertz CT molecular complexity index is 1380. The second-order valence-corrected chi connectivity index (χ2v) is 12.5. The van der Waals surface area contributed by atoms with E-state index in [0.29, 0.717) is 74.4 Å². The van der Waals surface area contributed by atoms with Gasteiger partial charge < -0.3 is 20.3 Å². The molecule has 0 atom stereocenters. The number of hydrogen-bond donors (Lipinski definition) is 2. The highest BCUT2D eigenvalue weighted by Gasteiger charge is 2.59. The first-order valence-corrected chi connectivity index (χ1v) is 14.7. The molecule has 0 bridgehead atoms. The van der Waals surface area contributed by atoms with Gasteiger partial charge in [-0.15, -0.1) is 11.3 Å². The Labute approximate surface area is 220 Å². The van der Waals surface area contributed by atoms with Crippen LogP contribution in [-0.4, -0.2) is 62.2 Å². The molecule has 1 saturated heterocycles. The molecule has 2 N–H and O–H groups in total. The molecule has 1 aromatic carbocycles. The lowest BCUT2D eigenvalue weighted by Gasteiger charge is -2.29. The van der Waals surface area contributed by atoms with Crippen molar-refractivity contribution in [3.8, 4) is 11.4 Å². The summed E-state index contributed by atoms with van der Waals surface area (Å²) in [5.74, 6) is 1.12. The molecule has 5 rings (SSSR count). The molecule has 0 radical (unpaired) electrons. The van der Waals surface area contributed by atoms with Gasteiger partial charge in [0.2, 0.25) is 14.2 Å². The second kappa shape index (κ2) is 10.3. The molecule has 10 nitrogen and oxygen atoms in total. The summed E-state index contributed by atoms with van der Waals surface area (Å²) in [5, 5.41) is 7.34. The van der Waals surface area contributed by atoms with Crippen molar-refractivity contribution in [2.75, 3.05) is 43.1 Å². The number of hydrogen-bond acceptors (Lipinski definition) is 9. The molecule has 1 aliphatic heterocycles. The summed E-state index contributed by atoms with van der Waals surface area (Å²) in [6.45, 7) is 6.87. The van der Waals surface area contributed by atoms with Crippen LogP contribution < -0.4 is 15.5 Å². The van der Waals surface area contributed by atoms with E-state index in [4.69, 9.17) is 14.7 Å². The van der Waals surface area contributed by atoms with Gasteiger partial charge in [0.05, 0.1) is 18.9 Å². The molecule has 3 heterocycles. The van der Waals surface area contributed by atoms with Crippen molar-refractivity contribution in [3.63, 3.8) is 0 Å². The molecule has 2 amide bonds. The van der Waals surface area contributed by atoms with Crippen LogP contribution in [0.15, 0.2) is 40.1 Å². The lowest BCUT2D eigenvalue weighted by atomic mass is 10.1. The molecular formula is C25H30N6O4S2. The van der Waals surface area contributed by atoms with E-state index in [1.807, 2.05) is 25.1 Å². The van der Waals surface area contributed by atoms with E-state index in [1.165, 1.54) is 0 Å². The summed E-state index contributed by atoms with van der Waals surface area (Å²) in [4.78, 5) is 28.0. The highest BCUT2D eigenvalue weighted by Crippen LogP contribution is 2.55. The number of morpholine rings is 1. The maximum Gasteiger partial charge on any atom is 0.319 e. The van der Waals surface area contributed by atoms with E-state index in [2.05, 4.69) is 20.5 Å². The summed E-state index contributed by atoms with van der Waals surface area (Å²) in [7, 11) is -3.71. The van der Waals surface area contributed by atoms with Gasteiger partial charge in [-0.2, -0.15) is 0 Å². The highest BCUT2D eigenvalue weighted by atomic mass is 32.2. The van der Waals surface area contributed by atoms with Crippen molar-refractivity contribution in [1.82, 2.24) is 20.3 Å². The molecule has 12 heteroatoms. The normalized spacial score (nSPS) is 16.9. The Morgan fingerprint density at radius 3 is 2.49 bits per heavy atom. The number of carbonyl (C=O) groups excluding carboxylic acids is 1. The van der Waals surface area contributed by atoms with Crippen molar-refractivity contribution in [3.05, 3.63) is 47.1 Å². The molecule has 0 spiro atoms. The van der Waals surface area contributed by atoms with Gasteiger partial charge in [-0.1, -0.05) is 6.92 Å². The van der Waals surface area contributed by atoms with Crippen LogP contribution in [0.4, 0.5) is 16.3 Å². The van der Waals surface area contributed by atoms with Crippen molar-refractivity contribution >= 4 is 38.7 Å². The molecule has 2 aliphatic rings. The van der Waals surface area contributed by atoms with Gasteiger partial charge in [-0.05, 0) is 50.5 Å². The lowest BCUT2D eigenvalue weighted by Crippen LogP contribution is -2.37. The molecule has 3 aromatic rings. The van der Waals surface area contributed by atoms with Crippen molar-refractivity contribution < 1.29 is 17.9 Å². The Kier molecular flexibility index (Phi) is 7.15. The SMILES string of the molecule is CCCNC(=O)Nc1ccc(-c2nc(N3CCOCC3)cc(C3(S(=O)(=O)c4nc(C)cs4)CC3)n2)cc1. The zero-order valence-electron chi connectivity index (χ0n) is 20.9. The van der Waals surface area contributed by atoms with Crippen LogP contribution in [0.3, 0.4) is 0 Å². The van der Waals surface area contributed by atoms with Crippen LogP contribution >= 0.6 is 11.3 Å². The zero-order valence-corrected chi connectivity index (χ0v) is 22.5. The number of nitrogens with zero attached hydrogens (tertiary/aromatic N) is 4. The van der Waals surface area contributed by atoms with Gasteiger partial charge in [-0.25, -0.2) is 28.2 Å². The van der Waals surface area contributed by atoms with Gasteiger partial charge in [0.1, 0.15) is 10.6 Å². The largest absolute Gasteiger partial charge is 0.378 e. The maximum atomic E-state index is 13.7. The van der Waals surface area contributed by atoms with Gasteiger partial charge in [-0.3, -0.25) is 0 Å². The third kappa shape index (κ3) is 5.18. The number of aromatic nitrogens is 3. The minimum absolute atomic E-state index is 0.132. The van der Waals surface area contributed by atoms with Crippen molar-refractivity contribution in [1.29, 1.82) is 0 Å². The summed E-state index contributed by atoms with van der Waals surface area (Å²) in [5.41, 5.74) is 2.55. The molecule has 37 heavy (non-hydrogen) atoms. The number of urea groups is 1. The highest BCUT2D eigenvalue weighted by molar-refractivity contribution is 7.94. The molecule has 1 saturated carbocycles. The van der Waals surface area contributed by atoms with Crippen molar-refractivity contribution in [2.45, 2.75) is 42.2 Å². The van der Waals surface area contributed by atoms with Crippen LogP contribution in [0.5, 0.6) is 0 Å². The van der Waals surface area contributed by atoms with E-state index in [0.717, 1.165) is 23.3 Å². The van der Waals surface area contributed by atoms with E-state index < -0.39 is 14.6 Å². The number of thiazole rings is 1. The fourth-order valence-electron chi connectivity index (χ4n) is 4.27. The number of aryl methyl sites for hydroxylation is 1. The molecule has 1 aliphatic carbocycles. The second-order valence-electron chi connectivity index (χ2n) is 9.25. The fourth-order valence-corrected chi connectivity index (χ4v) is 7.54. The van der Waals surface area contributed by atoms with Gasteiger partial charge >= 0.3 is 6.03 Å². The summed E-state index contributed by atoms with van der Waals surface area (Å²) in [6, 6.07) is 8.78. The minimum atomic E-state index is -3.71. The number of nitrogens with one attached hydrogen (secondary N) is 2. The Morgan fingerprint density at radius 1 is 1.14 bits per heavy atom. The first-order valence-electron chi connectivity index (χ1n) is 12.4. The lowest BCUT2D eigenvalue weighted by molar-refractivity contribution is 0.122. The summed E-state index contributed by atoms with van der Waals surface area (Å²) in [6.07, 6.45) is 1.83. The average Bonchev–Trinajstić information content (AvgIpc) is 3.63. The van der Waals surface area contributed by atoms with Crippen LogP contribution in [0.2, 0.25) is 0 Å². The monoisotopic (exact) mass is 542 g/mol. The zero-order chi connectivity index (χ0) is 26.0. The van der Waals surface area contributed by atoms with Gasteiger partial charge in [0, 0.05) is 48.0 Å². The number of rotatable bonds is 8. The first kappa shape index (κ1) is 25.6. The molecule has 196 valence electrons. The van der Waals surface area contributed by atoms with Crippen LogP contribution in [0, 0.1) is 6.92 Å². The number of carbonyl (C=O) groups is 1. The molecular weight excluding hydrogens is 512 g/mol. The predicted molar refractivity (Wildman–Crippen MR) is 143 cm³/mol. The van der Waals surface area contributed by atoms with E-state index >= 15 is 0 Å². The van der Waals surface area contributed by atoms with E-state index in [9.17, 15) is 13.2 Å². The molecule has 2 fully saturated rings. The van der Waals surface area contributed by atoms with E-state index in [-0.39, 0.29) is 10.4 Å². The van der Waals surface area contributed by atoms with Crippen molar-refractivity contribution in [2.24, 2.45) is 0 Å². The topological polar surface area (TPSA) is 126 Å². The Hall–Kier alpha value is -3.09. The van der Waals surface area contributed by atoms with Crippen LogP contribution in [-0.2, 0) is 19.3 Å². The predicted octanol–water partition coefficient (Wildman–Crippen LogP) is 3.74. The van der Waals surface area contributed by atoms with Gasteiger partial charge in [0.15, 0.2) is 5.82 Å². The Morgan fingerprint density at radius 2 is 1.86 bits per heavy atom. The fraction of sp³-hybridized carbons (Fsp3) is 0.440. The number of anilines is 2. The van der Waals surface area contributed by atoms with Crippen LogP contribution in [0.1, 0.15) is 37.6 Å². The number of benzene rings is 1. The van der Waals surface area contributed by atoms with Crippen LogP contribution in [0.25, 0.3) is 11.4 Å². The number of ether oxygens (including phenoxy) is 1. The smallest absolute Gasteiger partial charge is 0.319 e. The minimum Gasteiger partial charge on any atom is -0.378 e. The molecule has 0 unspecified atom stereocenters. The standard InChI is InChI=1S/C25H30N6O4S2/c1-3-10-26-23(32)28-19-6-4-18(5-7-19)22-29-20(15-21(30-22)31-11-13-35-14-12-31)25(8-9-25)37(33,34)24-27-17(2)16-36-24/h4-7,15-16H,3,8-14H2,1-2H3,(H2,26,28,32). The quantitative estimate of drug-likeness (QED) is 0.441. The van der Waals surface area contributed by atoms with Gasteiger partial charge in [0.25, 0.3) is 0 Å². The Balaban J connectivity index is 1.51. The average molecular weight is 543 g/mol. The first-order chi connectivity index (χ1) is 17.8. The van der Waals surface area contributed by atoms with E-state index in [1.54, 1.807) is 24.4 Å². The third-order valence-electron chi connectivity index (χ3n) is 6.50. The summed E-state index contributed by atoms with van der Waals surface area (Å²) >= 11 is 1.15. The number of sulfone groups is 1. The maximum absolute atomic E-state index is 13.7. The number of amides is 2.